The van der Waals surface area contributed by atoms with Crippen molar-refractivity contribution in [1.29, 1.82) is 0 Å². The molecule has 19 heavy (non-hydrogen) atoms. The smallest absolute Gasteiger partial charge is 0.0195 e. The van der Waals surface area contributed by atoms with E-state index in [0.29, 0.717) is 6.04 Å². The molecule has 0 amide bonds. The van der Waals surface area contributed by atoms with Crippen molar-refractivity contribution in [3.8, 4) is 0 Å². The molecule has 2 nitrogen and oxygen atoms in total. The predicted octanol–water partition coefficient (Wildman–Crippen LogP) is 3.66. The zero-order valence-corrected chi connectivity index (χ0v) is 13.5. The van der Waals surface area contributed by atoms with Gasteiger partial charge in [-0.3, -0.25) is 4.90 Å². The van der Waals surface area contributed by atoms with E-state index in [0.717, 1.165) is 23.9 Å². The number of piperidine rings is 1. The highest BCUT2D eigenvalue weighted by Gasteiger charge is 2.31. The molecule has 1 saturated heterocycles. The van der Waals surface area contributed by atoms with Gasteiger partial charge in [0.1, 0.15) is 0 Å². The van der Waals surface area contributed by atoms with Gasteiger partial charge in [-0.15, -0.1) is 0 Å². The van der Waals surface area contributed by atoms with Crippen LogP contribution in [0.15, 0.2) is 0 Å². The van der Waals surface area contributed by atoms with Crippen molar-refractivity contribution in [1.82, 2.24) is 10.2 Å². The Kier molecular flexibility index (Phi) is 5.70. The summed E-state index contributed by atoms with van der Waals surface area (Å²) in [7, 11) is 0. The lowest BCUT2D eigenvalue weighted by Crippen LogP contribution is -2.51. The predicted molar refractivity (Wildman–Crippen MR) is 83.5 cm³/mol. The summed E-state index contributed by atoms with van der Waals surface area (Å²) in [5.41, 5.74) is 0. The molecule has 1 heterocycles. The average molecular weight is 266 g/mol. The first-order chi connectivity index (χ1) is 9.08. The first kappa shape index (κ1) is 15.3. The first-order valence-corrected chi connectivity index (χ1v) is 8.57. The molecule has 112 valence electrons. The molecule has 1 aliphatic carbocycles. The summed E-state index contributed by atoms with van der Waals surface area (Å²) in [6.07, 6.45) is 8.41. The van der Waals surface area contributed by atoms with Crippen LogP contribution in [0.4, 0.5) is 0 Å². The second kappa shape index (κ2) is 7.08. The highest BCUT2D eigenvalue weighted by molar-refractivity contribution is 4.86. The van der Waals surface area contributed by atoms with E-state index in [1.54, 1.807) is 0 Å². The minimum Gasteiger partial charge on any atom is -0.313 e. The second-order valence-electron chi connectivity index (χ2n) is 7.36. The summed E-state index contributed by atoms with van der Waals surface area (Å²) in [4.78, 5) is 2.80. The van der Waals surface area contributed by atoms with Gasteiger partial charge in [-0.2, -0.15) is 0 Å². The van der Waals surface area contributed by atoms with E-state index >= 15 is 0 Å². The molecule has 2 heteroatoms. The van der Waals surface area contributed by atoms with Gasteiger partial charge >= 0.3 is 0 Å². The lowest BCUT2D eigenvalue weighted by atomic mass is 9.78. The maximum absolute atomic E-state index is 3.72. The molecular weight excluding hydrogens is 232 g/mol. The fraction of sp³-hybridized carbons (Fsp3) is 1.00. The average Bonchev–Trinajstić information content (AvgIpc) is 2.40. The first-order valence-electron chi connectivity index (χ1n) is 8.57. The lowest BCUT2D eigenvalue weighted by Gasteiger charge is -2.43. The lowest BCUT2D eigenvalue weighted by molar-refractivity contribution is 0.0706. The van der Waals surface area contributed by atoms with Gasteiger partial charge in [0.25, 0.3) is 0 Å². The topological polar surface area (TPSA) is 15.3 Å². The van der Waals surface area contributed by atoms with Gasteiger partial charge in [-0.1, -0.05) is 20.3 Å². The summed E-state index contributed by atoms with van der Waals surface area (Å²) in [6.45, 7) is 12.1. The Morgan fingerprint density at radius 2 is 1.84 bits per heavy atom. The van der Waals surface area contributed by atoms with Gasteiger partial charge in [-0.25, -0.2) is 0 Å². The zero-order valence-electron chi connectivity index (χ0n) is 13.5. The van der Waals surface area contributed by atoms with Crippen LogP contribution in [-0.4, -0.2) is 36.1 Å². The molecule has 0 radical (unpaired) electrons. The van der Waals surface area contributed by atoms with Crippen molar-refractivity contribution < 1.29 is 0 Å². The normalized spacial score (nSPS) is 36.9. The van der Waals surface area contributed by atoms with Gasteiger partial charge in [0, 0.05) is 24.7 Å². The highest BCUT2D eigenvalue weighted by atomic mass is 15.2. The van der Waals surface area contributed by atoms with Crippen molar-refractivity contribution in [3.63, 3.8) is 0 Å². The molecular formula is C17H34N2. The van der Waals surface area contributed by atoms with Gasteiger partial charge in [0.15, 0.2) is 0 Å². The van der Waals surface area contributed by atoms with Gasteiger partial charge in [0.05, 0.1) is 0 Å². The number of nitrogens with one attached hydrogen (secondary N) is 1. The minimum atomic E-state index is 0.689. The standard InChI is InChI=1S/C17H34N2/c1-13(2)19(12-16-7-5-6-10-18-16)17-9-8-14(3)15(4)11-17/h13-18H,5-12H2,1-4H3. The third-order valence-electron chi connectivity index (χ3n) is 5.55. The summed E-state index contributed by atoms with van der Waals surface area (Å²) in [6, 6.07) is 2.26. The molecule has 2 aliphatic rings. The SMILES string of the molecule is CC1CCC(N(CC2CCCCN2)C(C)C)CC1C. The summed E-state index contributed by atoms with van der Waals surface area (Å²) < 4.78 is 0. The van der Waals surface area contributed by atoms with Crippen LogP contribution in [0.3, 0.4) is 0 Å². The molecule has 4 unspecified atom stereocenters. The van der Waals surface area contributed by atoms with Crippen molar-refractivity contribution in [2.45, 2.75) is 84.3 Å². The van der Waals surface area contributed by atoms with Crippen molar-refractivity contribution >= 4 is 0 Å². The molecule has 0 spiro atoms. The number of rotatable bonds is 4. The third-order valence-corrected chi connectivity index (χ3v) is 5.55. The summed E-state index contributed by atoms with van der Waals surface area (Å²) in [5.74, 6) is 1.83. The van der Waals surface area contributed by atoms with E-state index in [1.807, 2.05) is 0 Å². The Morgan fingerprint density at radius 3 is 2.42 bits per heavy atom. The van der Waals surface area contributed by atoms with E-state index in [-0.39, 0.29) is 0 Å². The Bertz CT molecular complexity index is 258. The van der Waals surface area contributed by atoms with E-state index in [9.17, 15) is 0 Å². The van der Waals surface area contributed by atoms with E-state index in [2.05, 4.69) is 37.9 Å². The second-order valence-corrected chi connectivity index (χ2v) is 7.36. The summed E-state index contributed by atoms with van der Waals surface area (Å²) in [5, 5.41) is 3.72. The zero-order chi connectivity index (χ0) is 13.8. The molecule has 1 aliphatic heterocycles. The van der Waals surface area contributed by atoms with Crippen LogP contribution in [0, 0.1) is 11.8 Å². The molecule has 0 aromatic heterocycles. The van der Waals surface area contributed by atoms with Crippen LogP contribution in [0.2, 0.25) is 0 Å². The molecule has 0 aromatic rings. The van der Waals surface area contributed by atoms with Crippen LogP contribution in [0.1, 0.15) is 66.2 Å². The number of hydrogen-bond acceptors (Lipinski definition) is 2. The fourth-order valence-corrected chi connectivity index (χ4v) is 3.94. The summed E-state index contributed by atoms with van der Waals surface area (Å²) >= 11 is 0. The van der Waals surface area contributed by atoms with E-state index in [1.165, 1.54) is 51.6 Å². The molecule has 2 rings (SSSR count). The Morgan fingerprint density at radius 1 is 1.05 bits per heavy atom. The number of hydrogen-bond donors (Lipinski definition) is 1. The van der Waals surface area contributed by atoms with Crippen molar-refractivity contribution in [2.24, 2.45) is 11.8 Å². The van der Waals surface area contributed by atoms with Crippen LogP contribution in [0.5, 0.6) is 0 Å². The Hall–Kier alpha value is -0.0800. The van der Waals surface area contributed by atoms with Crippen LogP contribution >= 0.6 is 0 Å². The number of nitrogens with zero attached hydrogens (tertiary/aromatic N) is 1. The van der Waals surface area contributed by atoms with E-state index in [4.69, 9.17) is 0 Å². The van der Waals surface area contributed by atoms with E-state index < -0.39 is 0 Å². The Labute approximate surface area is 120 Å². The van der Waals surface area contributed by atoms with Crippen LogP contribution in [-0.2, 0) is 0 Å². The molecule has 1 saturated carbocycles. The largest absolute Gasteiger partial charge is 0.313 e. The molecule has 0 bridgehead atoms. The van der Waals surface area contributed by atoms with Crippen molar-refractivity contribution in [2.75, 3.05) is 13.1 Å². The molecule has 4 atom stereocenters. The third kappa shape index (κ3) is 4.19. The maximum Gasteiger partial charge on any atom is 0.0195 e. The van der Waals surface area contributed by atoms with Gasteiger partial charge in [-0.05, 0) is 64.3 Å². The van der Waals surface area contributed by atoms with Crippen molar-refractivity contribution in [3.05, 3.63) is 0 Å². The molecule has 1 N–H and O–H groups in total. The molecule has 2 fully saturated rings. The monoisotopic (exact) mass is 266 g/mol. The highest BCUT2D eigenvalue weighted by Crippen LogP contribution is 2.33. The van der Waals surface area contributed by atoms with Gasteiger partial charge < -0.3 is 5.32 Å². The van der Waals surface area contributed by atoms with Crippen LogP contribution in [0.25, 0.3) is 0 Å². The quantitative estimate of drug-likeness (QED) is 0.835. The fourth-order valence-electron chi connectivity index (χ4n) is 3.94. The Balaban J connectivity index is 1.91. The maximum atomic E-state index is 3.72. The minimum absolute atomic E-state index is 0.689. The van der Waals surface area contributed by atoms with Gasteiger partial charge in [0.2, 0.25) is 0 Å². The van der Waals surface area contributed by atoms with Crippen LogP contribution < -0.4 is 5.32 Å². The molecule has 0 aromatic carbocycles.